The van der Waals surface area contributed by atoms with Crippen LogP contribution in [0.4, 0.5) is 10.1 Å². The number of aromatic nitrogens is 3. The van der Waals surface area contributed by atoms with Gasteiger partial charge in [-0.3, -0.25) is 10.1 Å². The van der Waals surface area contributed by atoms with Crippen LogP contribution in [0.5, 0.6) is 0 Å². The van der Waals surface area contributed by atoms with Gasteiger partial charge in [0.25, 0.3) is 0 Å². The zero-order valence-electron chi connectivity index (χ0n) is 18.5. The summed E-state index contributed by atoms with van der Waals surface area (Å²) in [6, 6.07) is 22.0. The van der Waals surface area contributed by atoms with Gasteiger partial charge in [0.15, 0.2) is 5.11 Å². The van der Waals surface area contributed by atoms with Gasteiger partial charge >= 0.3 is 0 Å². The fraction of sp³-hybridized carbons (Fsp3) is 0. The first kappa shape index (κ1) is 23.4. The number of anilines is 1. The molecule has 36 heavy (non-hydrogen) atoms. The molecule has 0 spiro atoms. The molecule has 0 aliphatic heterocycles. The monoisotopic (exact) mass is 517 g/mol. The Morgan fingerprint density at radius 3 is 2.50 bits per heavy atom. The molecule has 7 nitrogen and oxygen atoms in total. The maximum absolute atomic E-state index is 13.2. The first-order valence-electron chi connectivity index (χ1n) is 10.7. The largest absolute Gasteiger partial charge is 0.457 e. The molecule has 0 aliphatic carbocycles. The minimum absolute atomic E-state index is 0.122. The number of carbonyl (C=O) groups excluding carboxylic acids is 1. The molecule has 1 amide bonds. The van der Waals surface area contributed by atoms with Crippen LogP contribution in [0.2, 0.25) is 5.02 Å². The molecule has 2 heterocycles. The Bertz CT molecular complexity index is 1590. The van der Waals surface area contributed by atoms with Crippen molar-refractivity contribution in [3.8, 4) is 17.0 Å². The first-order chi connectivity index (χ1) is 17.4. The lowest BCUT2D eigenvalue weighted by Crippen LogP contribution is -2.32. The number of thiocarbonyl (C=S) groups is 1. The maximum atomic E-state index is 13.2. The summed E-state index contributed by atoms with van der Waals surface area (Å²) in [6.45, 7) is 0. The molecular formula is C26H17ClFN5O2S. The van der Waals surface area contributed by atoms with E-state index in [0.717, 1.165) is 5.56 Å². The van der Waals surface area contributed by atoms with E-state index in [9.17, 15) is 9.18 Å². The molecule has 0 aliphatic rings. The predicted octanol–water partition coefficient (Wildman–Crippen LogP) is 6.00. The maximum Gasteiger partial charge on any atom is 0.250 e. The van der Waals surface area contributed by atoms with Crippen LogP contribution in [0.3, 0.4) is 0 Å². The smallest absolute Gasteiger partial charge is 0.250 e. The van der Waals surface area contributed by atoms with Crippen molar-refractivity contribution in [3.63, 3.8) is 0 Å². The summed E-state index contributed by atoms with van der Waals surface area (Å²) in [4.78, 5) is 13.7. The molecule has 5 rings (SSSR count). The number of hydrogen-bond donors (Lipinski definition) is 2. The zero-order valence-corrected chi connectivity index (χ0v) is 20.1. The molecule has 0 unspecified atom stereocenters. The van der Waals surface area contributed by atoms with E-state index in [1.807, 2.05) is 18.2 Å². The lowest BCUT2D eigenvalue weighted by atomic mass is 10.2. The van der Waals surface area contributed by atoms with E-state index in [1.54, 1.807) is 54.6 Å². The minimum atomic E-state index is -0.416. The third-order valence-corrected chi connectivity index (χ3v) is 5.54. The highest BCUT2D eigenvalue weighted by atomic mass is 35.5. The summed E-state index contributed by atoms with van der Waals surface area (Å²) in [5, 5.41) is 15.1. The summed E-state index contributed by atoms with van der Waals surface area (Å²) in [6.07, 6.45) is 2.88. The lowest BCUT2D eigenvalue weighted by molar-refractivity contribution is -0.115. The molecule has 3 aromatic carbocycles. The van der Waals surface area contributed by atoms with Crippen molar-refractivity contribution in [2.24, 2.45) is 0 Å². The number of nitrogens with zero attached hydrogens (tertiary/aromatic N) is 3. The highest BCUT2D eigenvalue weighted by Gasteiger charge is 2.08. The van der Waals surface area contributed by atoms with Crippen LogP contribution in [0.25, 0.3) is 34.1 Å². The number of benzene rings is 3. The fourth-order valence-electron chi connectivity index (χ4n) is 3.37. The van der Waals surface area contributed by atoms with Gasteiger partial charge in [0.1, 0.15) is 28.4 Å². The summed E-state index contributed by atoms with van der Waals surface area (Å²) in [7, 11) is 0. The summed E-state index contributed by atoms with van der Waals surface area (Å²) < 4.78 is 18.9. The second-order valence-electron chi connectivity index (χ2n) is 7.65. The van der Waals surface area contributed by atoms with E-state index in [2.05, 4.69) is 20.8 Å². The SMILES string of the molecule is O=C(C=Cc1ccc(-c2ccc(Cl)cc2)o1)NC(=S)Nc1ccc2nn(-c3ccc(F)cc3)nc2c1. The molecular weight excluding hydrogens is 501 g/mol. The van der Waals surface area contributed by atoms with Crippen molar-refractivity contribution in [2.45, 2.75) is 0 Å². The Morgan fingerprint density at radius 1 is 0.972 bits per heavy atom. The van der Waals surface area contributed by atoms with Crippen LogP contribution >= 0.6 is 23.8 Å². The van der Waals surface area contributed by atoms with Crippen molar-refractivity contribution in [1.82, 2.24) is 20.3 Å². The topological polar surface area (TPSA) is 85.0 Å². The van der Waals surface area contributed by atoms with Gasteiger partial charge in [-0.15, -0.1) is 10.2 Å². The van der Waals surface area contributed by atoms with Crippen LogP contribution < -0.4 is 10.6 Å². The Balaban J connectivity index is 1.19. The molecule has 0 radical (unpaired) electrons. The number of carbonyl (C=O) groups is 1. The predicted molar refractivity (Wildman–Crippen MR) is 141 cm³/mol. The summed E-state index contributed by atoms with van der Waals surface area (Å²) in [5.74, 6) is 0.429. The Labute approximate surface area is 215 Å². The van der Waals surface area contributed by atoms with Gasteiger partial charge in [-0.2, -0.15) is 4.80 Å². The van der Waals surface area contributed by atoms with Gasteiger partial charge in [0.2, 0.25) is 5.91 Å². The van der Waals surface area contributed by atoms with Gasteiger partial charge < -0.3 is 9.73 Å². The van der Waals surface area contributed by atoms with E-state index < -0.39 is 5.91 Å². The second-order valence-corrected chi connectivity index (χ2v) is 8.50. The van der Waals surface area contributed by atoms with Crippen molar-refractivity contribution in [3.05, 3.63) is 102 Å². The highest BCUT2D eigenvalue weighted by molar-refractivity contribution is 7.80. The first-order valence-corrected chi connectivity index (χ1v) is 11.5. The third kappa shape index (κ3) is 5.48. The van der Waals surface area contributed by atoms with Crippen molar-refractivity contribution in [1.29, 1.82) is 0 Å². The molecule has 2 aromatic heterocycles. The average Bonchev–Trinajstić information content (AvgIpc) is 3.51. The Kier molecular flexibility index (Phi) is 6.57. The van der Waals surface area contributed by atoms with E-state index in [4.69, 9.17) is 28.2 Å². The van der Waals surface area contributed by atoms with E-state index >= 15 is 0 Å². The lowest BCUT2D eigenvalue weighted by Gasteiger charge is -2.07. The second kappa shape index (κ2) is 10.1. The Morgan fingerprint density at radius 2 is 1.72 bits per heavy atom. The number of nitrogens with one attached hydrogen (secondary N) is 2. The minimum Gasteiger partial charge on any atom is -0.457 e. The Hall–Kier alpha value is -4.34. The molecule has 2 N–H and O–H groups in total. The molecule has 0 atom stereocenters. The van der Waals surface area contributed by atoms with E-state index in [-0.39, 0.29) is 10.9 Å². The van der Waals surface area contributed by atoms with Crippen LogP contribution in [-0.2, 0) is 4.79 Å². The number of fused-ring (bicyclic) bond motifs is 1. The fourth-order valence-corrected chi connectivity index (χ4v) is 3.71. The van der Waals surface area contributed by atoms with Gasteiger partial charge in [-0.05, 0) is 97.2 Å². The summed E-state index contributed by atoms with van der Waals surface area (Å²) in [5.41, 5.74) is 3.39. The molecule has 10 heteroatoms. The van der Waals surface area contributed by atoms with Gasteiger partial charge in [0, 0.05) is 22.3 Å². The van der Waals surface area contributed by atoms with Crippen LogP contribution in [0.15, 0.2) is 89.4 Å². The van der Waals surface area contributed by atoms with Crippen LogP contribution in [0.1, 0.15) is 5.76 Å². The number of hydrogen-bond acceptors (Lipinski definition) is 5. The van der Waals surface area contributed by atoms with E-state index in [0.29, 0.717) is 39.0 Å². The van der Waals surface area contributed by atoms with Crippen LogP contribution in [-0.4, -0.2) is 26.0 Å². The normalized spacial score (nSPS) is 11.2. The highest BCUT2D eigenvalue weighted by Crippen LogP contribution is 2.24. The quantitative estimate of drug-likeness (QED) is 0.220. The molecule has 178 valence electrons. The number of amides is 1. The molecule has 0 bridgehead atoms. The van der Waals surface area contributed by atoms with Crippen LogP contribution in [0, 0.1) is 5.82 Å². The molecule has 5 aromatic rings. The number of rotatable bonds is 5. The molecule has 0 fully saturated rings. The van der Waals surface area contributed by atoms with E-state index in [1.165, 1.54) is 23.0 Å². The standard InChI is InChI=1S/C26H17ClFN5O2S/c27-17-3-1-16(2-4-17)24-13-10-21(35-24)11-14-25(34)30-26(36)29-19-7-12-22-23(15-19)32-33(31-22)20-8-5-18(28)6-9-20/h1-15H,(H2,29,30,34,36). The molecule has 0 saturated carbocycles. The van der Waals surface area contributed by atoms with Gasteiger partial charge in [-0.1, -0.05) is 11.6 Å². The van der Waals surface area contributed by atoms with Gasteiger partial charge in [0.05, 0.1) is 5.69 Å². The number of furan rings is 1. The average molecular weight is 518 g/mol. The number of halogens is 2. The molecule has 0 saturated heterocycles. The third-order valence-electron chi connectivity index (χ3n) is 5.09. The summed E-state index contributed by atoms with van der Waals surface area (Å²) >= 11 is 11.2. The van der Waals surface area contributed by atoms with Gasteiger partial charge in [-0.25, -0.2) is 4.39 Å². The van der Waals surface area contributed by atoms with Crippen molar-refractivity contribution < 1.29 is 13.6 Å². The van der Waals surface area contributed by atoms with Crippen molar-refractivity contribution in [2.75, 3.05) is 5.32 Å². The van der Waals surface area contributed by atoms with Crippen molar-refractivity contribution >= 4 is 57.6 Å². The zero-order chi connectivity index (χ0) is 25.1.